The molecule has 0 aliphatic rings. The maximum atomic E-state index is 11.7. The van der Waals surface area contributed by atoms with Gasteiger partial charge in [0.25, 0.3) is 0 Å². The fourth-order valence-corrected chi connectivity index (χ4v) is 1.12. The number of carbonyl (C=O) groups is 1. The molecule has 0 rings (SSSR count). The monoisotopic (exact) mass is 214 g/mol. The molecule has 0 amide bonds. The van der Waals surface area contributed by atoms with Crippen LogP contribution in [0.5, 0.6) is 0 Å². The summed E-state index contributed by atoms with van der Waals surface area (Å²) in [4.78, 5) is 11.7. The standard InChI is InChI=1S/C13H26O2/c1-6-7-8-9-10-15-12(14)13(4,5)11(2)3/h11H,6-10H2,1-5H3. The predicted octanol–water partition coefficient (Wildman–Crippen LogP) is 3.79. The molecular formula is C13H26O2. The van der Waals surface area contributed by atoms with Gasteiger partial charge >= 0.3 is 5.97 Å². The highest BCUT2D eigenvalue weighted by Gasteiger charge is 2.32. The highest BCUT2D eigenvalue weighted by molar-refractivity contribution is 5.76. The van der Waals surface area contributed by atoms with Gasteiger partial charge in [0.15, 0.2) is 0 Å². The fraction of sp³-hybridized carbons (Fsp3) is 0.923. The van der Waals surface area contributed by atoms with Crippen LogP contribution in [0.4, 0.5) is 0 Å². The SMILES string of the molecule is CCCCCCOC(=O)C(C)(C)C(C)C. The number of hydrogen-bond acceptors (Lipinski definition) is 2. The molecule has 0 aliphatic heterocycles. The van der Waals surface area contributed by atoms with Gasteiger partial charge < -0.3 is 4.74 Å². The summed E-state index contributed by atoms with van der Waals surface area (Å²) >= 11 is 0. The Hall–Kier alpha value is -0.530. The van der Waals surface area contributed by atoms with Crippen LogP contribution in [-0.2, 0) is 9.53 Å². The summed E-state index contributed by atoms with van der Waals surface area (Å²) in [5.41, 5.74) is -0.356. The first kappa shape index (κ1) is 14.5. The van der Waals surface area contributed by atoms with E-state index in [0.717, 1.165) is 12.8 Å². The molecular weight excluding hydrogens is 188 g/mol. The lowest BCUT2D eigenvalue weighted by Gasteiger charge is -2.26. The third-order valence-electron chi connectivity index (χ3n) is 3.20. The molecule has 0 aromatic heterocycles. The zero-order chi connectivity index (χ0) is 11.9. The number of esters is 1. The Morgan fingerprint density at radius 2 is 1.80 bits per heavy atom. The van der Waals surface area contributed by atoms with Crippen molar-refractivity contribution in [3.05, 3.63) is 0 Å². The van der Waals surface area contributed by atoms with Crippen molar-refractivity contribution in [2.45, 2.75) is 60.3 Å². The third-order valence-corrected chi connectivity index (χ3v) is 3.20. The van der Waals surface area contributed by atoms with Gasteiger partial charge in [0.2, 0.25) is 0 Å². The molecule has 2 heteroatoms. The first-order valence-electron chi connectivity index (χ1n) is 6.10. The van der Waals surface area contributed by atoms with Crippen LogP contribution in [0.1, 0.15) is 60.3 Å². The molecule has 0 radical (unpaired) electrons. The second-order valence-electron chi connectivity index (χ2n) is 5.07. The highest BCUT2D eigenvalue weighted by Crippen LogP contribution is 2.27. The van der Waals surface area contributed by atoms with Crippen molar-refractivity contribution >= 4 is 5.97 Å². The fourth-order valence-electron chi connectivity index (χ4n) is 1.12. The zero-order valence-corrected chi connectivity index (χ0v) is 10.9. The molecule has 0 heterocycles. The third kappa shape index (κ3) is 5.19. The van der Waals surface area contributed by atoms with E-state index >= 15 is 0 Å². The predicted molar refractivity (Wildman–Crippen MR) is 63.7 cm³/mol. The smallest absolute Gasteiger partial charge is 0.311 e. The lowest BCUT2D eigenvalue weighted by Crippen LogP contribution is -2.32. The Kier molecular flexibility index (Phi) is 6.62. The molecule has 0 fully saturated rings. The average Bonchev–Trinajstić information content (AvgIpc) is 2.16. The maximum Gasteiger partial charge on any atom is 0.311 e. The molecule has 0 atom stereocenters. The minimum absolute atomic E-state index is 0.0611. The largest absolute Gasteiger partial charge is 0.465 e. The quantitative estimate of drug-likeness (QED) is 0.476. The van der Waals surface area contributed by atoms with Crippen LogP contribution in [-0.4, -0.2) is 12.6 Å². The summed E-state index contributed by atoms with van der Waals surface area (Å²) in [6, 6.07) is 0. The molecule has 0 unspecified atom stereocenters. The van der Waals surface area contributed by atoms with Gasteiger partial charge in [0, 0.05) is 0 Å². The summed E-state index contributed by atoms with van der Waals surface area (Å²) in [6.07, 6.45) is 4.59. The number of carbonyl (C=O) groups excluding carboxylic acids is 1. The summed E-state index contributed by atoms with van der Waals surface area (Å²) in [6.45, 7) is 10.8. The molecule has 15 heavy (non-hydrogen) atoms. The van der Waals surface area contributed by atoms with E-state index in [1.165, 1.54) is 12.8 Å². The van der Waals surface area contributed by atoms with E-state index in [4.69, 9.17) is 4.74 Å². The summed E-state index contributed by atoms with van der Waals surface area (Å²) in [5, 5.41) is 0. The molecule has 0 saturated carbocycles. The van der Waals surface area contributed by atoms with Gasteiger partial charge in [-0.2, -0.15) is 0 Å². The Morgan fingerprint density at radius 1 is 1.20 bits per heavy atom. The second kappa shape index (κ2) is 6.86. The Balaban J connectivity index is 3.74. The van der Waals surface area contributed by atoms with Gasteiger partial charge in [-0.05, 0) is 26.2 Å². The highest BCUT2D eigenvalue weighted by atomic mass is 16.5. The Morgan fingerprint density at radius 3 is 2.27 bits per heavy atom. The molecule has 90 valence electrons. The van der Waals surface area contributed by atoms with Gasteiger partial charge in [0.05, 0.1) is 12.0 Å². The van der Waals surface area contributed by atoms with Crippen molar-refractivity contribution in [2.75, 3.05) is 6.61 Å². The van der Waals surface area contributed by atoms with Crippen molar-refractivity contribution in [3.63, 3.8) is 0 Å². The van der Waals surface area contributed by atoms with E-state index in [2.05, 4.69) is 20.8 Å². The maximum absolute atomic E-state index is 11.7. The van der Waals surface area contributed by atoms with Gasteiger partial charge in [-0.15, -0.1) is 0 Å². The van der Waals surface area contributed by atoms with Gasteiger partial charge in [0.1, 0.15) is 0 Å². The molecule has 0 saturated heterocycles. The molecule has 2 nitrogen and oxygen atoms in total. The van der Waals surface area contributed by atoms with Crippen LogP contribution in [0, 0.1) is 11.3 Å². The minimum Gasteiger partial charge on any atom is -0.465 e. The van der Waals surface area contributed by atoms with Crippen LogP contribution in [0.15, 0.2) is 0 Å². The Labute approximate surface area is 94.4 Å². The van der Waals surface area contributed by atoms with E-state index in [1.807, 2.05) is 13.8 Å². The van der Waals surface area contributed by atoms with Gasteiger partial charge in [-0.3, -0.25) is 4.79 Å². The van der Waals surface area contributed by atoms with Crippen LogP contribution >= 0.6 is 0 Å². The van der Waals surface area contributed by atoms with Crippen molar-refractivity contribution in [1.29, 1.82) is 0 Å². The molecule has 0 aromatic rings. The summed E-state index contributed by atoms with van der Waals surface area (Å²) in [7, 11) is 0. The van der Waals surface area contributed by atoms with E-state index < -0.39 is 0 Å². The van der Waals surface area contributed by atoms with Gasteiger partial charge in [-0.25, -0.2) is 0 Å². The van der Waals surface area contributed by atoms with Gasteiger partial charge in [-0.1, -0.05) is 40.0 Å². The number of hydrogen-bond donors (Lipinski definition) is 0. The zero-order valence-electron chi connectivity index (χ0n) is 10.9. The number of unbranched alkanes of at least 4 members (excludes halogenated alkanes) is 3. The van der Waals surface area contributed by atoms with Crippen molar-refractivity contribution < 1.29 is 9.53 Å². The van der Waals surface area contributed by atoms with Crippen molar-refractivity contribution in [3.8, 4) is 0 Å². The van der Waals surface area contributed by atoms with Crippen molar-refractivity contribution in [2.24, 2.45) is 11.3 Å². The first-order valence-corrected chi connectivity index (χ1v) is 6.10. The average molecular weight is 214 g/mol. The topological polar surface area (TPSA) is 26.3 Å². The normalized spacial score (nSPS) is 11.9. The molecule has 0 spiro atoms. The minimum atomic E-state index is -0.356. The second-order valence-corrected chi connectivity index (χ2v) is 5.07. The van der Waals surface area contributed by atoms with Crippen LogP contribution in [0.3, 0.4) is 0 Å². The van der Waals surface area contributed by atoms with Crippen LogP contribution in [0.25, 0.3) is 0 Å². The number of rotatable bonds is 7. The lowest BCUT2D eigenvalue weighted by atomic mass is 9.81. The lowest BCUT2D eigenvalue weighted by molar-refractivity contribution is -0.156. The Bertz CT molecular complexity index is 183. The van der Waals surface area contributed by atoms with Crippen molar-refractivity contribution in [1.82, 2.24) is 0 Å². The van der Waals surface area contributed by atoms with E-state index in [0.29, 0.717) is 12.5 Å². The molecule has 0 aromatic carbocycles. The number of ether oxygens (including phenoxy) is 1. The summed E-state index contributed by atoms with van der Waals surface area (Å²) < 4.78 is 5.28. The molecule has 0 bridgehead atoms. The molecule has 0 aliphatic carbocycles. The summed E-state index contributed by atoms with van der Waals surface area (Å²) in [5.74, 6) is 0.259. The van der Waals surface area contributed by atoms with Crippen LogP contribution < -0.4 is 0 Å². The van der Waals surface area contributed by atoms with Crippen LogP contribution in [0.2, 0.25) is 0 Å². The van der Waals surface area contributed by atoms with E-state index in [1.54, 1.807) is 0 Å². The first-order chi connectivity index (χ1) is 6.92. The molecule has 0 N–H and O–H groups in total. The van der Waals surface area contributed by atoms with E-state index in [-0.39, 0.29) is 11.4 Å². The van der Waals surface area contributed by atoms with E-state index in [9.17, 15) is 4.79 Å².